The number of nitrogens with one attached hydrogen (secondary N) is 4. The number of methoxy groups -OCH3 is 1. The second-order valence-electron chi connectivity index (χ2n) is 6.67. The fourth-order valence-corrected chi connectivity index (χ4v) is 3.12. The Bertz CT molecular complexity index is 1040. The van der Waals surface area contributed by atoms with Crippen molar-refractivity contribution in [1.82, 2.24) is 20.9 Å². The molecule has 2 aromatic carbocycles. The number of aliphatic imine (C=N–C) groups is 1. The molecule has 3 aromatic rings. The number of benzene rings is 2. The van der Waals surface area contributed by atoms with Gasteiger partial charge >= 0.3 is 0 Å². The maximum atomic E-state index is 13.5. The van der Waals surface area contributed by atoms with Crippen LogP contribution >= 0.6 is 24.0 Å². The average Bonchev–Trinajstić information content (AvgIpc) is 3.17. The number of nitrogens with zero attached hydrogens (tertiary/aromatic N) is 1. The van der Waals surface area contributed by atoms with Crippen LogP contribution in [0.4, 0.5) is 4.39 Å². The van der Waals surface area contributed by atoms with Crippen molar-refractivity contribution in [3.05, 3.63) is 65.6 Å². The van der Waals surface area contributed by atoms with E-state index in [4.69, 9.17) is 4.74 Å². The first-order chi connectivity index (χ1) is 14.6. The van der Waals surface area contributed by atoms with Gasteiger partial charge in [0.15, 0.2) is 5.96 Å². The van der Waals surface area contributed by atoms with Gasteiger partial charge in [-0.25, -0.2) is 4.39 Å². The van der Waals surface area contributed by atoms with Crippen LogP contribution in [0.15, 0.2) is 53.7 Å². The smallest absolute Gasteiger partial charge is 0.251 e. The van der Waals surface area contributed by atoms with Gasteiger partial charge in [-0.2, -0.15) is 0 Å². The van der Waals surface area contributed by atoms with Crippen LogP contribution in [0.2, 0.25) is 0 Å². The van der Waals surface area contributed by atoms with Crippen molar-refractivity contribution in [3.8, 4) is 5.75 Å². The highest BCUT2D eigenvalue weighted by molar-refractivity contribution is 14.0. The summed E-state index contributed by atoms with van der Waals surface area (Å²) in [5.74, 6) is 0.870. The Kier molecular flexibility index (Phi) is 9.57. The molecule has 31 heavy (non-hydrogen) atoms. The minimum Gasteiger partial charge on any atom is -0.497 e. The number of guanidine groups is 1. The summed E-state index contributed by atoms with van der Waals surface area (Å²) in [4.78, 5) is 19.5. The summed E-state index contributed by atoms with van der Waals surface area (Å²) >= 11 is 0. The molecule has 3 rings (SSSR count). The van der Waals surface area contributed by atoms with Gasteiger partial charge < -0.3 is 25.7 Å². The van der Waals surface area contributed by atoms with Crippen molar-refractivity contribution in [2.45, 2.75) is 6.42 Å². The van der Waals surface area contributed by atoms with Gasteiger partial charge in [0.2, 0.25) is 0 Å². The van der Waals surface area contributed by atoms with Crippen molar-refractivity contribution in [2.24, 2.45) is 4.99 Å². The van der Waals surface area contributed by atoms with E-state index in [0.717, 1.165) is 22.9 Å². The summed E-state index contributed by atoms with van der Waals surface area (Å²) in [6.45, 7) is 1.60. The normalized spacial score (nSPS) is 11.0. The van der Waals surface area contributed by atoms with Gasteiger partial charge in [0.1, 0.15) is 11.6 Å². The molecule has 1 aromatic heterocycles. The number of rotatable bonds is 8. The van der Waals surface area contributed by atoms with Crippen LogP contribution in [0.25, 0.3) is 10.9 Å². The molecule has 0 aliphatic rings. The standard InChI is InChI=1S/C22H26FN5O2.HI/c1-24-22(26-9-8-16-14-28-20-7-6-17(23)13-19(16)20)27-11-10-25-21(29)15-4-3-5-18(12-15)30-2;/h3-7,12-14,28H,8-11H2,1-2H3,(H,25,29)(H2,24,26,27);1H. The summed E-state index contributed by atoms with van der Waals surface area (Å²) in [6.07, 6.45) is 2.62. The molecule has 9 heteroatoms. The Hall–Kier alpha value is -2.82. The Labute approximate surface area is 197 Å². The number of aromatic nitrogens is 1. The van der Waals surface area contributed by atoms with Crippen molar-refractivity contribution in [2.75, 3.05) is 33.8 Å². The van der Waals surface area contributed by atoms with Crippen LogP contribution < -0.4 is 20.7 Å². The summed E-state index contributed by atoms with van der Waals surface area (Å²) in [7, 11) is 3.25. The van der Waals surface area contributed by atoms with Gasteiger partial charge in [0.05, 0.1) is 7.11 Å². The second kappa shape index (κ2) is 12.1. The molecule has 0 aliphatic carbocycles. The fraction of sp³-hybridized carbons (Fsp3) is 0.273. The first kappa shape index (κ1) is 24.4. The Morgan fingerprint density at radius 3 is 2.65 bits per heavy atom. The van der Waals surface area contributed by atoms with Crippen LogP contribution in [0.5, 0.6) is 5.75 Å². The molecular formula is C22H27FIN5O2. The van der Waals surface area contributed by atoms with Crippen LogP contribution in [0.1, 0.15) is 15.9 Å². The zero-order chi connectivity index (χ0) is 21.3. The molecule has 0 saturated carbocycles. The molecule has 1 heterocycles. The zero-order valence-electron chi connectivity index (χ0n) is 17.5. The molecule has 0 fully saturated rings. The molecule has 0 unspecified atom stereocenters. The molecular weight excluding hydrogens is 512 g/mol. The Morgan fingerprint density at radius 2 is 1.87 bits per heavy atom. The van der Waals surface area contributed by atoms with Gasteiger partial charge in [-0.1, -0.05) is 6.07 Å². The third-order valence-corrected chi connectivity index (χ3v) is 4.67. The van der Waals surface area contributed by atoms with Crippen molar-refractivity contribution in [1.29, 1.82) is 0 Å². The van der Waals surface area contributed by atoms with Crippen LogP contribution in [-0.4, -0.2) is 50.6 Å². The number of amides is 1. The predicted octanol–water partition coefficient (Wildman–Crippen LogP) is 3.07. The number of ether oxygens (including phenoxy) is 1. The van der Waals surface area contributed by atoms with E-state index in [9.17, 15) is 9.18 Å². The summed E-state index contributed by atoms with van der Waals surface area (Å²) < 4.78 is 18.6. The first-order valence-corrected chi connectivity index (χ1v) is 9.73. The molecule has 7 nitrogen and oxygen atoms in total. The monoisotopic (exact) mass is 539 g/mol. The highest BCUT2D eigenvalue weighted by atomic mass is 127. The fourth-order valence-electron chi connectivity index (χ4n) is 3.12. The number of H-pyrrole nitrogens is 1. The van der Waals surface area contributed by atoms with Gasteiger partial charge in [-0.3, -0.25) is 9.79 Å². The number of fused-ring (bicyclic) bond motifs is 1. The van der Waals surface area contributed by atoms with Crippen molar-refractivity contribution < 1.29 is 13.9 Å². The molecule has 1 amide bonds. The highest BCUT2D eigenvalue weighted by Gasteiger charge is 2.07. The third kappa shape index (κ3) is 6.84. The van der Waals surface area contributed by atoms with E-state index in [1.165, 1.54) is 6.07 Å². The third-order valence-electron chi connectivity index (χ3n) is 4.67. The summed E-state index contributed by atoms with van der Waals surface area (Å²) in [5, 5.41) is 10.1. The van der Waals surface area contributed by atoms with Crippen molar-refractivity contribution >= 4 is 46.7 Å². The minimum absolute atomic E-state index is 0. The molecule has 0 bridgehead atoms. The molecule has 4 N–H and O–H groups in total. The van der Waals surface area contributed by atoms with Crippen LogP contribution in [-0.2, 0) is 6.42 Å². The number of hydrogen-bond acceptors (Lipinski definition) is 3. The predicted molar refractivity (Wildman–Crippen MR) is 132 cm³/mol. The zero-order valence-corrected chi connectivity index (χ0v) is 19.8. The first-order valence-electron chi connectivity index (χ1n) is 9.73. The lowest BCUT2D eigenvalue weighted by Gasteiger charge is -2.12. The number of carbonyl (C=O) groups excluding carboxylic acids is 1. The van der Waals surface area contributed by atoms with E-state index in [-0.39, 0.29) is 35.7 Å². The van der Waals surface area contributed by atoms with Crippen molar-refractivity contribution in [3.63, 3.8) is 0 Å². The van der Waals surface area contributed by atoms with Gasteiger partial charge in [-0.05, 0) is 48.4 Å². The van der Waals surface area contributed by atoms with Crippen LogP contribution in [0, 0.1) is 5.82 Å². The maximum absolute atomic E-state index is 13.5. The van der Waals surface area contributed by atoms with Gasteiger partial charge in [-0.15, -0.1) is 24.0 Å². The van der Waals surface area contributed by atoms with E-state index < -0.39 is 0 Å². The minimum atomic E-state index is -0.246. The average molecular weight is 539 g/mol. The van der Waals surface area contributed by atoms with E-state index >= 15 is 0 Å². The topological polar surface area (TPSA) is 90.5 Å². The molecule has 0 saturated heterocycles. The quantitative estimate of drug-likeness (QED) is 0.153. The number of carbonyl (C=O) groups is 1. The maximum Gasteiger partial charge on any atom is 0.251 e. The van der Waals surface area contributed by atoms with Gasteiger partial charge in [0, 0.05) is 49.3 Å². The van der Waals surface area contributed by atoms with E-state index in [1.54, 1.807) is 50.6 Å². The van der Waals surface area contributed by atoms with Gasteiger partial charge in [0.25, 0.3) is 5.91 Å². The molecule has 0 radical (unpaired) electrons. The summed E-state index contributed by atoms with van der Waals surface area (Å²) in [6, 6.07) is 11.7. The lowest BCUT2D eigenvalue weighted by atomic mass is 10.1. The largest absolute Gasteiger partial charge is 0.497 e. The second-order valence-corrected chi connectivity index (χ2v) is 6.67. The lowest BCUT2D eigenvalue weighted by molar-refractivity contribution is 0.0954. The number of hydrogen-bond donors (Lipinski definition) is 4. The summed E-state index contributed by atoms with van der Waals surface area (Å²) in [5.41, 5.74) is 2.51. The van der Waals surface area contributed by atoms with E-state index in [0.29, 0.717) is 36.9 Å². The number of aromatic amines is 1. The van der Waals surface area contributed by atoms with E-state index in [1.807, 2.05) is 6.20 Å². The number of halogens is 2. The molecule has 166 valence electrons. The Morgan fingerprint density at radius 1 is 1.10 bits per heavy atom. The Balaban J connectivity index is 0.00000341. The highest BCUT2D eigenvalue weighted by Crippen LogP contribution is 2.19. The lowest BCUT2D eigenvalue weighted by Crippen LogP contribution is -2.42. The molecule has 0 spiro atoms. The molecule has 0 aliphatic heterocycles. The van der Waals surface area contributed by atoms with E-state index in [2.05, 4.69) is 25.9 Å². The molecule has 0 atom stereocenters. The van der Waals surface area contributed by atoms with Crippen LogP contribution in [0.3, 0.4) is 0 Å². The SMILES string of the molecule is CN=C(NCCNC(=O)c1cccc(OC)c1)NCCc1c[nH]c2ccc(F)cc12.I.